The molecule has 3 aromatic carbocycles. The highest BCUT2D eigenvalue weighted by Crippen LogP contribution is 2.42. The van der Waals surface area contributed by atoms with Crippen LogP contribution >= 0.6 is 0 Å². The average Bonchev–Trinajstić information content (AvgIpc) is 3.28. The first-order valence-corrected chi connectivity index (χ1v) is 10.7. The van der Waals surface area contributed by atoms with E-state index < -0.39 is 11.2 Å². The molecule has 1 saturated carbocycles. The van der Waals surface area contributed by atoms with E-state index in [-0.39, 0.29) is 29.7 Å². The van der Waals surface area contributed by atoms with Gasteiger partial charge in [-0.15, -0.1) is 0 Å². The summed E-state index contributed by atoms with van der Waals surface area (Å²) in [6, 6.07) is 19.4. The first kappa shape index (κ1) is 21.7. The summed E-state index contributed by atoms with van der Waals surface area (Å²) < 4.78 is 28.2. The van der Waals surface area contributed by atoms with Crippen LogP contribution in [0.2, 0.25) is 0 Å². The van der Waals surface area contributed by atoms with Crippen molar-refractivity contribution in [3.63, 3.8) is 0 Å². The summed E-state index contributed by atoms with van der Waals surface area (Å²) in [6.07, 6.45) is 3.08. The molecule has 0 radical (unpaired) electrons. The number of hydrogen-bond donors (Lipinski definition) is 2. The minimum absolute atomic E-state index is 0.00467. The molecule has 164 valence electrons. The van der Waals surface area contributed by atoms with Crippen LogP contribution in [-0.4, -0.2) is 11.8 Å². The van der Waals surface area contributed by atoms with E-state index in [0.29, 0.717) is 24.1 Å². The van der Waals surface area contributed by atoms with Gasteiger partial charge in [-0.2, -0.15) is 0 Å². The predicted molar refractivity (Wildman–Crippen MR) is 120 cm³/mol. The van der Waals surface area contributed by atoms with Crippen LogP contribution in [0.15, 0.2) is 72.8 Å². The van der Waals surface area contributed by atoms with Gasteiger partial charge >= 0.3 is 0 Å². The summed E-state index contributed by atoms with van der Waals surface area (Å²) in [5.41, 5.74) is 0.996. The van der Waals surface area contributed by atoms with Gasteiger partial charge in [-0.05, 0) is 54.3 Å². The predicted octanol–water partition coefficient (Wildman–Crippen LogP) is 5.60. The standard InChI is InChI=1S/C26H24F2N2O2/c27-20-10-6-9-19(16-20)26(13-4-5-14-26)25(32)29-21-11-12-22(28)23(17-21)30-24(31)15-18-7-2-1-3-8-18/h1-3,6-12,16-17H,4-5,13-15H2,(H,29,32)(H,30,31). The highest BCUT2D eigenvalue weighted by atomic mass is 19.1. The molecule has 2 amide bonds. The largest absolute Gasteiger partial charge is 0.325 e. The van der Waals surface area contributed by atoms with Crippen LogP contribution in [0.25, 0.3) is 0 Å². The van der Waals surface area contributed by atoms with Crippen molar-refractivity contribution in [3.8, 4) is 0 Å². The lowest BCUT2D eigenvalue weighted by molar-refractivity contribution is -0.121. The van der Waals surface area contributed by atoms with Crippen molar-refractivity contribution >= 4 is 23.2 Å². The summed E-state index contributed by atoms with van der Waals surface area (Å²) >= 11 is 0. The Labute approximate surface area is 185 Å². The molecule has 4 rings (SSSR count). The Morgan fingerprint density at radius 3 is 2.31 bits per heavy atom. The van der Waals surface area contributed by atoms with Crippen molar-refractivity contribution in [2.45, 2.75) is 37.5 Å². The van der Waals surface area contributed by atoms with Crippen LogP contribution in [0.3, 0.4) is 0 Å². The molecular weight excluding hydrogens is 410 g/mol. The lowest BCUT2D eigenvalue weighted by Gasteiger charge is -2.28. The second-order valence-corrected chi connectivity index (χ2v) is 8.16. The molecule has 1 aliphatic rings. The second-order valence-electron chi connectivity index (χ2n) is 8.16. The van der Waals surface area contributed by atoms with Crippen molar-refractivity contribution in [2.24, 2.45) is 0 Å². The maximum absolute atomic E-state index is 14.3. The Balaban J connectivity index is 1.51. The average molecular weight is 434 g/mol. The highest BCUT2D eigenvalue weighted by Gasteiger charge is 2.42. The number of rotatable bonds is 6. The number of amides is 2. The van der Waals surface area contributed by atoms with Crippen LogP contribution in [0.5, 0.6) is 0 Å². The van der Waals surface area contributed by atoms with Gasteiger partial charge in [0.05, 0.1) is 17.5 Å². The minimum Gasteiger partial charge on any atom is -0.325 e. The fourth-order valence-electron chi connectivity index (χ4n) is 4.34. The number of benzene rings is 3. The Kier molecular flexibility index (Phi) is 6.30. The first-order valence-electron chi connectivity index (χ1n) is 10.7. The number of hydrogen-bond acceptors (Lipinski definition) is 2. The molecule has 0 spiro atoms. The van der Waals surface area contributed by atoms with E-state index in [1.54, 1.807) is 12.1 Å². The van der Waals surface area contributed by atoms with E-state index in [9.17, 15) is 18.4 Å². The molecular formula is C26H24F2N2O2. The molecule has 2 N–H and O–H groups in total. The van der Waals surface area contributed by atoms with Gasteiger partial charge in [0, 0.05) is 5.69 Å². The molecule has 0 unspecified atom stereocenters. The van der Waals surface area contributed by atoms with Crippen molar-refractivity contribution in [3.05, 3.63) is 95.6 Å². The zero-order valence-corrected chi connectivity index (χ0v) is 17.5. The molecule has 6 heteroatoms. The van der Waals surface area contributed by atoms with Crippen LogP contribution in [-0.2, 0) is 21.4 Å². The Morgan fingerprint density at radius 1 is 0.844 bits per heavy atom. The molecule has 0 atom stereocenters. The fourth-order valence-corrected chi connectivity index (χ4v) is 4.34. The molecule has 0 aliphatic heterocycles. The summed E-state index contributed by atoms with van der Waals surface area (Å²) in [4.78, 5) is 25.6. The van der Waals surface area contributed by atoms with Crippen LogP contribution in [0, 0.1) is 11.6 Å². The normalized spacial score (nSPS) is 14.7. The third-order valence-electron chi connectivity index (χ3n) is 5.97. The maximum Gasteiger partial charge on any atom is 0.235 e. The van der Waals surface area contributed by atoms with E-state index in [1.165, 1.54) is 30.3 Å². The summed E-state index contributed by atoms with van der Waals surface area (Å²) in [7, 11) is 0. The molecule has 1 aliphatic carbocycles. The third-order valence-corrected chi connectivity index (χ3v) is 5.97. The molecule has 0 aromatic heterocycles. The summed E-state index contributed by atoms with van der Waals surface area (Å²) in [6.45, 7) is 0. The van der Waals surface area contributed by atoms with Crippen molar-refractivity contribution in [1.82, 2.24) is 0 Å². The van der Waals surface area contributed by atoms with Crippen molar-refractivity contribution in [2.75, 3.05) is 10.6 Å². The lowest BCUT2D eigenvalue weighted by atomic mass is 9.78. The summed E-state index contributed by atoms with van der Waals surface area (Å²) in [5, 5.41) is 5.43. The van der Waals surface area contributed by atoms with Gasteiger partial charge in [0.15, 0.2) is 0 Å². The SMILES string of the molecule is O=C(Cc1ccccc1)Nc1cc(NC(=O)C2(c3cccc(F)c3)CCCC2)ccc1F. The Hall–Kier alpha value is -3.54. The molecule has 0 bridgehead atoms. The zero-order chi connectivity index (χ0) is 22.6. The fraction of sp³-hybridized carbons (Fsp3) is 0.231. The molecule has 3 aromatic rings. The molecule has 0 heterocycles. The van der Waals surface area contributed by atoms with E-state index in [2.05, 4.69) is 10.6 Å². The molecule has 1 fully saturated rings. The smallest absolute Gasteiger partial charge is 0.235 e. The molecule has 4 nitrogen and oxygen atoms in total. The number of carbonyl (C=O) groups is 2. The Morgan fingerprint density at radius 2 is 1.59 bits per heavy atom. The number of carbonyl (C=O) groups excluding carboxylic acids is 2. The Bertz CT molecular complexity index is 1130. The lowest BCUT2D eigenvalue weighted by Crippen LogP contribution is -2.38. The first-order chi connectivity index (χ1) is 15.5. The van der Waals surface area contributed by atoms with Crippen molar-refractivity contribution < 1.29 is 18.4 Å². The minimum atomic E-state index is -0.826. The van der Waals surface area contributed by atoms with Gasteiger partial charge < -0.3 is 10.6 Å². The van der Waals surface area contributed by atoms with Gasteiger partial charge in [-0.1, -0.05) is 55.3 Å². The van der Waals surface area contributed by atoms with Gasteiger partial charge in [0.25, 0.3) is 0 Å². The monoisotopic (exact) mass is 434 g/mol. The summed E-state index contributed by atoms with van der Waals surface area (Å²) in [5.74, 6) is -1.59. The maximum atomic E-state index is 14.3. The van der Waals surface area contributed by atoms with Crippen LogP contribution < -0.4 is 10.6 Å². The zero-order valence-electron chi connectivity index (χ0n) is 17.5. The van der Waals surface area contributed by atoms with E-state index in [4.69, 9.17) is 0 Å². The van der Waals surface area contributed by atoms with Crippen LogP contribution in [0.1, 0.15) is 36.8 Å². The van der Waals surface area contributed by atoms with Crippen molar-refractivity contribution in [1.29, 1.82) is 0 Å². The topological polar surface area (TPSA) is 58.2 Å². The van der Waals surface area contributed by atoms with Gasteiger partial charge in [-0.3, -0.25) is 9.59 Å². The van der Waals surface area contributed by atoms with Gasteiger partial charge in [0.1, 0.15) is 11.6 Å². The van der Waals surface area contributed by atoms with Crippen LogP contribution in [0.4, 0.5) is 20.2 Å². The molecule has 0 saturated heterocycles. The van der Waals surface area contributed by atoms with Gasteiger partial charge in [0.2, 0.25) is 11.8 Å². The quantitative estimate of drug-likeness (QED) is 0.531. The van der Waals surface area contributed by atoms with E-state index >= 15 is 0 Å². The number of halogens is 2. The second kappa shape index (κ2) is 9.30. The molecule has 32 heavy (non-hydrogen) atoms. The number of nitrogens with one attached hydrogen (secondary N) is 2. The third kappa shape index (κ3) is 4.69. The highest BCUT2D eigenvalue weighted by molar-refractivity contribution is 6.00. The van der Waals surface area contributed by atoms with E-state index in [0.717, 1.165) is 18.4 Å². The van der Waals surface area contributed by atoms with E-state index in [1.807, 2.05) is 30.3 Å². The van der Waals surface area contributed by atoms with Gasteiger partial charge in [-0.25, -0.2) is 8.78 Å². The number of anilines is 2.